The molecule has 1 N–H and O–H groups in total. The summed E-state index contributed by atoms with van der Waals surface area (Å²) in [5.74, 6) is 1.02. The maximum atomic E-state index is 3.57. The summed E-state index contributed by atoms with van der Waals surface area (Å²) in [4.78, 5) is 0. The molecule has 56 valence electrons. The van der Waals surface area contributed by atoms with Crippen molar-refractivity contribution < 1.29 is 0 Å². The Morgan fingerprint density at radius 1 is 1.33 bits per heavy atom. The molecule has 1 saturated carbocycles. The summed E-state index contributed by atoms with van der Waals surface area (Å²) in [6.45, 7) is 1.26. The van der Waals surface area contributed by atoms with Crippen LogP contribution in [0.3, 0.4) is 0 Å². The molecule has 2 heteroatoms. The molecule has 0 aliphatic heterocycles. The Kier molecular flexibility index (Phi) is 2.07. The molecule has 9 heavy (non-hydrogen) atoms. The third kappa shape index (κ3) is 3.82. The molecule has 0 unspecified atom stereocenters. The van der Waals surface area contributed by atoms with E-state index in [4.69, 9.17) is 0 Å². The highest BCUT2D eigenvalue weighted by atomic mass is 32.3. The lowest BCUT2D eigenvalue weighted by Crippen LogP contribution is -2.19. The minimum atomic E-state index is -0.429. The molecule has 1 nitrogen and oxygen atoms in total. The van der Waals surface area contributed by atoms with Crippen molar-refractivity contribution >= 4 is 10.2 Å². The van der Waals surface area contributed by atoms with E-state index in [2.05, 4.69) is 23.5 Å². The molecule has 0 radical (unpaired) electrons. The van der Waals surface area contributed by atoms with Gasteiger partial charge in [0.1, 0.15) is 0 Å². The third-order valence-electron chi connectivity index (χ3n) is 1.50. The predicted octanol–water partition coefficient (Wildman–Crippen LogP) is 1.59. The van der Waals surface area contributed by atoms with Gasteiger partial charge in [-0.15, -0.1) is 0 Å². The second-order valence-electron chi connectivity index (χ2n) is 3.63. The zero-order valence-electron chi connectivity index (χ0n) is 6.61. The van der Waals surface area contributed by atoms with Crippen molar-refractivity contribution in [3.63, 3.8) is 0 Å². The van der Waals surface area contributed by atoms with Gasteiger partial charge < -0.3 is 0 Å². The van der Waals surface area contributed by atoms with Gasteiger partial charge in [0.15, 0.2) is 0 Å². The average molecular weight is 147 g/mol. The van der Waals surface area contributed by atoms with Crippen molar-refractivity contribution in [2.45, 2.75) is 12.8 Å². The van der Waals surface area contributed by atoms with E-state index in [9.17, 15) is 0 Å². The second kappa shape index (κ2) is 2.51. The molecule has 0 saturated heterocycles. The van der Waals surface area contributed by atoms with Gasteiger partial charge in [-0.1, -0.05) is 0 Å². The second-order valence-corrected chi connectivity index (χ2v) is 7.59. The minimum absolute atomic E-state index is 0.429. The van der Waals surface area contributed by atoms with Gasteiger partial charge in [-0.25, -0.2) is 0 Å². The Balaban J connectivity index is 2.03. The molecule has 1 rings (SSSR count). The van der Waals surface area contributed by atoms with Crippen molar-refractivity contribution in [1.29, 1.82) is 0 Å². The van der Waals surface area contributed by atoms with E-state index in [1.54, 1.807) is 0 Å². The summed E-state index contributed by atoms with van der Waals surface area (Å²) < 4.78 is 3.57. The Bertz CT molecular complexity index is 91.6. The first-order chi connectivity index (χ1) is 4.08. The first-order valence-corrected chi connectivity index (χ1v) is 6.36. The van der Waals surface area contributed by atoms with E-state index in [0.29, 0.717) is 0 Å². The molecule has 1 aliphatic rings. The molecule has 0 bridgehead atoms. The fourth-order valence-electron chi connectivity index (χ4n) is 0.690. The highest BCUT2D eigenvalue weighted by Gasteiger charge is 2.21. The fraction of sp³-hybridized carbons (Fsp3) is 1.00. The van der Waals surface area contributed by atoms with Gasteiger partial charge in [-0.2, -0.15) is 10.2 Å². The molecule has 1 fully saturated rings. The van der Waals surface area contributed by atoms with Crippen LogP contribution in [0.2, 0.25) is 0 Å². The van der Waals surface area contributed by atoms with Crippen molar-refractivity contribution in [1.82, 2.24) is 4.72 Å². The maximum absolute atomic E-state index is 3.57. The van der Waals surface area contributed by atoms with Crippen LogP contribution in [0.25, 0.3) is 0 Å². The Morgan fingerprint density at radius 3 is 2.22 bits per heavy atom. The lowest BCUT2D eigenvalue weighted by molar-refractivity contribution is 0.797. The molecule has 0 atom stereocenters. The van der Waals surface area contributed by atoms with Crippen LogP contribution >= 0.6 is 10.2 Å². The molecule has 0 spiro atoms. The number of nitrogens with one attached hydrogen (secondary N) is 1. The minimum Gasteiger partial charge on any atom is -0.281 e. The van der Waals surface area contributed by atoms with Crippen LogP contribution in [0.4, 0.5) is 0 Å². The van der Waals surface area contributed by atoms with Crippen LogP contribution in [-0.2, 0) is 0 Å². The van der Waals surface area contributed by atoms with Crippen molar-refractivity contribution in [2.75, 3.05) is 25.3 Å². The van der Waals surface area contributed by atoms with Gasteiger partial charge in [-0.3, -0.25) is 4.72 Å². The van der Waals surface area contributed by atoms with Crippen molar-refractivity contribution in [3.05, 3.63) is 0 Å². The van der Waals surface area contributed by atoms with Crippen LogP contribution in [0, 0.1) is 5.92 Å². The summed E-state index contributed by atoms with van der Waals surface area (Å²) in [5.41, 5.74) is 0. The number of hydrogen-bond donors (Lipinski definition) is 1. The standard InChI is InChI=1S/C7H17NS/c1-9(2,3)8-6-7-4-5-7/h7-8H,4-6H2,1-3H3. The van der Waals surface area contributed by atoms with Gasteiger partial charge in [0.05, 0.1) is 0 Å². The van der Waals surface area contributed by atoms with Crippen molar-refractivity contribution in [2.24, 2.45) is 5.92 Å². The normalized spacial score (nSPS) is 22.1. The van der Waals surface area contributed by atoms with Crippen LogP contribution in [0.5, 0.6) is 0 Å². The Labute approximate surface area is 59.7 Å². The Hall–Kier alpha value is 0.310. The van der Waals surface area contributed by atoms with Gasteiger partial charge >= 0.3 is 0 Å². The predicted molar refractivity (Wildman–Crippen MR) is 46.1 cm³/mol. The molecular formula is C7H17NS. The average Bonchev–Trinajstić information content (AvgIpc) is 2.38. The zero-order chi connectivity index (χ0) is 6.91. The topological polar surface area (TPSA) is 12.0 Å². The van der Waals surface area contributed by atoms with Gasteiger partial charge in [0.2, 0.25) is 0 Å². The summed E-state index contributed by atoms with van der Waals surface area (Å²) >= 11 is 0. The third-order valence-corrected chi connectivity index (χ3v) is 2.53. The van der Waals surface area contributed by atoms with Crippen LogP contribution in [0.1, 0.15) is 12.8 Å². The van der Waals surface area contributed by atoms with E-state index in [-0.39, 0.29) is 0 Å². The van der Waals surface area contributed by atoms with E-state index >= 15 is 0 Å². The molecular weight excluding hydrogens is 130 g/mol. The summed E-state index contributed by atoms with van der Waals surface area (Å²) in [7, 11) is -0.429. The first-order valence-electron chi connectivity index (χ1n) is 3.51. The van der Waals surface area contributed by atoms with E-state index in [0.717, 1.165) is 5.92 Å². The van der Waals surface area contributed by atoms with Crippen LogP contribution < -0.4 is 4.72 Å². The smallest absolute Gasteiger partial charge is 0.00717 e. The summed E-state index contributed by atoms with van der Waals surface area (Å²) in [6, 6.07) is 0. The summed E-state index contributed by atoms with van der Waals surface area (Å²) in [6.07, 6.45) is 9.82. The maximum Gasteiger partial charge on any atom is 0.00717 e. The SMILES string of the molecule is CS(C)(C)NCC1CC1. The number of hydrogen-bond acceptors (Lipinski definition) is 1. The first kappa shape index (κ1) is 7.42. The molecule has 0 amide bonds. The number of rotatable bonds is 3. The molecule has 0 aromatic heterocycles. The molecule has 0 aromatic carbocycles. The van der Waals surface area contributed by atoms with Crippen molar-refractivity contribution in [3.8, 4) is 0 Å². The van der Waals surface area contributed by atoms with E-state index in [1.165, 1.54) is 19.4 Å². The summed E-state index contributed by atoms with van der Waals surface area (Å²) in [5, 5.41) is 0. The lowest BCUT2D eigenvalue weighted by Gasteiger charge is -2.26. The van der Waals surface area contributed by atoms with E-state index in [1.807, 2.05) is 0 Å². The molecule has 0 aromatic rings. The highest BCUT2D eigenvalue weighted by Crippen LogP contribution is 2.33. The van der Waals surface area contributed by atoms with Gasteiger partial charge in [0, 0.05) is 6.54 Å². The van der Waals surface area contributed by atoms with Gasteiger partial charge in [0.25, 0.3) is 0 Å². The largest absolute Gasteiger partial charge is 0.281 e. The zero-order valence-corrected chi connectivity index (χ0v) is 7.42. The van der Waals surface area contributed by atoms with E-state index < -0.39 is 10.2 Å². The van der Waals surface area contributed by atoms with Crippen LogP contribution in [0.15, 0.2) is 0 Å². The van der Waals surface area contributed by atoms with Gasteiger partial charge in [-0.05, 0) is 37.5 Å². The monoisotopic (exact) mass is 147 g/mol. The van der Waals surface area contributed by atoms with Crippen LogP contribution in [-0.4, -0.2) is 25.3 Å². The Morgan fingerprint density at radius 2 is 1.89 bits per heavy atom. The molecule has 1 aliphatic carbocycles. The highest BCUT2D eigenvalue weighted by molar-refractivity contribution is 8.30. The quantitative estimate of drug-likeness (QED) is 0.639. The molecule has 0 heterocycles. The fourth-order valence-corrected chi connectivity index (χ4v) is 1.43. The lowest BCUT2D eigenvalue weighted by atomic mass is 10.4.